The van der Waals surface area contributed by atoms with Gasteiger partial charge in [-0.1, -0.05) is 18.2 Å². The lowest BCUT2D eigenvalue weighted by Crippen LogP contribution is -2.46. The lowest BCUT2D eigenvalue weighted by atomic mass is 10.1. The number of carboxylic acid groups (broad SMARTS) is 1. The molecule has 0 saturated carbocycles. The van der Waals surface area contributed by atoms with E-state index in [9.17, 15) is 19.8 Å². The van der Waals surface area contributed by atoms with Crippen molar-refractivity contribution in [3.63, 3.8) is 0 Å². The second-order valence-electron chi connectivity index (χ2n) is 4.45. The molecular weight excluding hydrogens is 262 g/mol. The van der Waals surface area contributed by atoms with Crippen molar-refractivity contribution in [2.75, 3.05) is 18.6 Å². The summed E-state index contributed by atoms with van der Waals surface area (Å²) in [6.07, 6.45) is 0. The van der Waals surface area contributed by atoms with Gasteiger partial charge in [0.05, 0.1) is 12.3 Å². The molecule has 0 spiro atoms. The average molecular weight is 281 g/mol. The van der Waals surface area contributed by atoms with Gasteiger partial charge in [-0.2, -0.15) is 0 Å². The Morgan fingerprint density at radius 1 is 1.40 bits per heavy atom. The van der Waals surface area contributed by atoms with Gasteiger partial charge in [0.2, 0.25) is 0 Å². The van der Waals surface area contributed by atoms with E-state index >= 15 is 0 Å². The highest BCUT2D eigenvalue weighted by Crippen LogP contribution is 2.27. The number of aliphatic hydroxyl groups excluding tert-OH is 1. The topological polar surface area (TPSA) is 87.1 Å². The summed E-state index contributed by atoms with van der Waals surface area (Å²) in [4.78, 5) is 24.6. The number of methoxy groups -OCH3 is 1. The van der Waals surface area contributed by atoms with Gasteiger partial charge in [0, 0.05) is 12.7 Å². The Morgan fingerprint density at radius 2 is 2.05 bits per heavy atom. The standard InChI is InChI=1S/C14H19NO5/c1-9-5-4-6-11(7-16)13(9)15(10(2)14(18)19)12(17)8-20-3/h4-6,10,16H,7-8H2,1-3H3,(H,18,19)/t10-/m0/s1. The lowest BCUT2D eigenvalue weighted by Gasteiger charge is -2.29. The Kier molecular flexibility index (Phi) is 5.66. The molecule has 20 heavy (non-hydrogen) atoms. The molecule has 0 aliphatic rings. The van der Waals surface area contributed by atoms with E-state index < -0.39 is 17.9 Å². The Hall–Kier alpha value is -1.92. The number of anilines is 1. The SMILES string of the molecule is COCC(=O)N(c1c(C)cccc1CO)[C@@H](C)C(=O)O. The van der Waals surface area contributed by atoms with Crippen LogP contribution >= 0.6 is 0 Å². The number of hydrogen-bond donors (Lipinski definition) is 2. The van der Waals surface area contributed by atoms with E-state index in [-0.39, 0.29) is 13.2 Å². The first-order valence-electron chi connectivity index (χ1n) is 6.17. The molecule has 6 nitrogen and oxygen atoms in total. The van der Waals surface area contributed by atoms with Gasteiger partial charge in [0.15, 0.2) is 0 Å². The molecule has 0 radical (unpaired) electrons. The van der Waals surface area contributed by atoms with Crippen molar-refractivity contribution in [2.24, 2.45) is 0 Å². The van der Waals surface area contributed by atoms with Gasteiger partial charge in [-0.25, -0.2) is 4.79 Å². The van der Waals surface area contributed by atoms with Crippen LogP contribution in [0.4, 0.5) is 5.69 Å². The summed E-state index contributed by atoms with van der Waals surface area (Å²) >= 11 is 0. The number of carboxylic acids is 1. The van der Waals surface area contributed by atoms with E-state index in [1.165, 1.54) is 14.0 Å². The summed E-state index contributed by atoms with van der Waals surface area (Å²) in [7, 11) is 1.37. The van der Waals surface area contributed by atoms with Crippen molar-refractivity contribution in [1.29, 1.82) is 0 Å². The number of amides is 1. The second-order valence-corrected chi connectivity index (χ2v) is 4.45. The molecule has 0 saturated heterocycles. The number of hydrogen-bond acceptors (Lipinski definition) is 4. The molecule has 1 rings (SSSR count). The van der Waals surface area contributed by atoms with E-state index in [1.807, 2.05) is 0 Å². The van der Waals surface area contributed by atoms with Gasteiger partial charge in [-0.05, 0) is 19.4 Å². The molecule has 1 atom stereocenters. The molecule has 0 aliphatic carbocycles. The molecule has 0 unspecified atom stereocenters. The van der Waals surface area contributed by atoms with Crippen LogP contribution < -0.4 is 4.90 Å². The van der Waals surface area contributed by atoms with Crippen LogP contribution in [-0.2, 0) is 20.9 Å². The predicted octanol–water partition coefficient (Wildman–Crippen LogP) is 0.940. The molecular formula is C14H19NO5. The van der Waals surface area contributed by atoms with Crippen LogP contribution in [-0.4, -0.2) is 41.8 Å². The fourth-order valence-corrected chi connectivity index (χ4v) is 2.03. The van der Waals surface area contributed by atoms with Crippen molar-refractivity contribution >= 4 is 17.6 Å². The first-order chi connectivity index (χ1) is 9.43. The van der Waals surface area contributed by atoms with Gasteiger partial charge in [0.1, 0.15) is 12.6 Å². The van der Waals surface area contributed by atoms with Crippen LogP contribution in [0.25, 0.3) is 0 Å². The molecule has 110 valence electrons. The summed E-state index contributed by atoms with van der Waals surface area (Å²) in [5.74, 6) is -1.59. The molecule has 0 heterocycles. The average Bonchev–Trinajstić information content (AvgIpc) is 2.40. The minimum absolute atomic E-state index is 0.225. The molecule has 0 aliphatic heterocycles. The number of carbonyl (C=O) groups is 2. The predicted molar refractivity (Wildman–Crippen MR) is 73.6 cm³/mol. The van der Waals surface area contributed by atoms with Crippen LogP contribution in [0.15, 0.2) is 18.2 Å². The molecule has 1 aromatic carbocycles. The Bertz CT molecular complexity index is 500. The number of aliphatic hydroxyl groups is 1. The first kappa shape index (κ1) is 16.1. The van der Waals surface area contributed by atoms with E-state index in [0.29, 0.717) is 16.8 Å². The van der Waals surface area contributed by atoms with Gasteiger partial charge < -0.3 is 14.9 Å². The molecule has 0 bridgehead atoms. The van der Waals surface area contributed by atoms with Gasteiger partial charge in [-0.15, -0.1) is 0 Å². The summed E-state index contributed by atoms with van der Waals surface area (Å²) in [5, 5.41) is 18.6. The van der Waals surface area contributed by atoms with Crippen LogP contribution in [0.1, 0.15) is 18.1 Å². The zero-order valence-corrected chi connectivity index (χ0v) is 11.8. The Morgan fingerprint density at radius 3 is 2.55 bits per heavy atom. The fourth-order valence-electron chi connectivity index (χ4n) is 2.03. The highest BCUT2D eigenvalue weighted by atomic mass is 16.5. The molecule has 1 amide bonds. The summed E-state index contributed by atoms with van der Waals surface area (Å²) in [5.41, 5.74) is 1.64. The van der Waals surface area contributed by atoms with Crippen LogP contribution in [0.3, 0.4) is 0 Å². The van der Waals surface area contributed by atoms with Crippen LogP contribution in [0.2, 0.25) is 0 Å². The first-order valence-corrected chi connectivity index (χ1v) is 6.17. The van der Waals surface area contributed by atoms with E-state index in [4.69, 9.17) is 4.74 Å². The molecule has 6 heteroatoms. The molecule has 0 fully saturated rings. The summed E-state index contributed by atoms with van der Waals surface area (Å²) in [6, 6.07) is 4.11. The maximum absolute atomic E-state index is 12.2. The summed E-state index contributed by atoms with van der Waals surface area (Å²) in [6.45, 7) is 2.68. The number of benzene rings is 1. The largest absolute Gasteiger partial charge is 0.480 e. The number of rotatable bonds is 6. The molecule has 0 aromatic heterocycles. The zero-order valence-electron chi connectivity index (χ0n) is 11.8. The van der Waals surface area contributed by atoms with E-state index in [2.05, 4.69) is 0 Å². The number of aliphatic carboxylic acids is 1. The third-order valence-electron chi connectivity index (χ3n) is 3.01. The van der Waals surface area contributed by atoms with Crippen molar-refractivity contribution in [2.45, 2.75) is 26.5 Å². The van der Waals surface area contributed by atoms with Gasteiger partial charge in [0.25, 0.3) is 5.91 Å². The van der Waals surface area contributed by atoms with Crippen molar-refractivity contribution in [1.82, 2.24) is 0 Å². The smallest absolute Gasteiger partial charge is 0.326 e. The summed E-state index contributed by atoms with van der Waals surface area (Å²) < 4.78 is 4.80. The van der Waals surface area contributed by atoms with Crippen molar-refractivity contribution in [3.8, 4) is 0 Å². The van der Waals surface area contributed by atoms with E-state index in [0.717, 1.165) is 4.90 Å². The third-order valence-corrected chi connectivity index (χ3v) is 3.01. The maximum Gasteiger partial charge on any atom is 0.326 e. The minimum Gasteiger partial charge on any atom is -0.480 e. The highest BCUT2D eigenvalue weighted by molar-refractivity contribution is 6.00. The Labute approximate surface area is 117 Å². The Balaban J connectivity index is 3.37. The lowest BCUT2D eigenvalue weighted by molar-refractivity contribution is -0.140. The second kappa shape index (κ2) is 7.02. The zero-order chi connectivity index (χ0) is 15.3. The van der Waals surface area contributed by atoms with Crippen molar-refractivity contribution < 1.29 is 24.5 Å². The fraction of sp³-hybridized carbons (Fsp3) is 0.429. The minimum atomic E-state index is -1.12. The number of aryl methyl sites for hydroxylation is 1. The van der Waals surface area contributed by atoms with Gasteiger partial charge in [-0.3, -0.25) is 9.69 Å². The number of ether oxygens (including phenoxy) is 1. The monoisotopic (exact) mass is 281 g/mol. The quantitative estimate of drug-likeness (QED) is 0.810. The van der Waals surface area contributed by atoms with Crippen LogP contribution in [0.5, 0.6) is 0 Å². The number of nitrogens with zero attached hydrogens (tertiary/aromatic N) is 1. The van der Waals surface area contributed by atoms with Gasteiger partial charge >= 0.3 is 5.97 Å². The van der Waals surface area contributed by atoms with Crippen molar-refractivity contribution in [3.05, 3.63) is 29.3 Å². The third kappa shape index (κ3) is 3.34. The van der Waals surface area contributed by atoms with Crippen LogP contribution in [0, 0.1) is 6.92 Å². The number of carbonyl (C=O) groups excluding carboxylic acids is 1. The molecule has 2 N–H and O–H groups in total. The maximum atomic E-state index is 12.2. The molecule has 1 aromatic rings. The number of para-hydroxylation sites is 1. The normalized spacial score (nSPS) is 12.0. The highest BCUT2D eigenvalue weighted by Gasteiger charge is 2.29. The van der Waals surface area contributed by atoms with E-state index in [1.54, 1.807) is 25.1 Å².